The van der Waals surface area contributed by atoms with Gasteiger partial charge in [-0.05, 0) is 86.6 Å². The molecular formula is C32H36O3. The summed E-state index contributed by atoms with van der Waals surface area (Å²) in [4.78, 5) is 13.4. The molecule has 1 saturated carbocycles. The van der Waals surface area contributed by atoms with Crippen LogP contribution in [-0.4, -0.2) is 11.6 Å². The maximum atomic E-state index is 13.4. The summed E-state index contributed by atoms with van der Waals surface area (Å²) in [6, 6.07) is 18.1. The molecule has 0 unspecified atom stereocenters. The molecule has 3 nitrogen and oxygen atoms in total. The van der Waals surface area contributed by atoms with Crippen LogP contribution in [0.1, 0.15) is 86.7 Å². The van der Waals surface area contributed by atoms with E-state index in [0.29, 0.717) is 17.2 Å². The van der Waals surface area contributed by atoms with Crippen LogP contribution >= 0.6 is 0 Å². The van der Waals surface area contributed by atoms with Gasteiger partial charge in [0, 0.05) is 17.4 Å². The summed E-state index contributed by atoms with van der Waals surface area (Å²) in [7, 11) is 0. The zero-order chi connectivity index (χ0) is 24.6. The first kappa shape index (κ1) is 23.7. The van der Waals surface area contributed by atoms with E-state index in [-0.39, 0.29) is 17.5 Å². The van der Waals surface area contributed by atoms with Crippen molar-refractivity contribution in [2.45, 2.75) is 77.2 Å². The van der Waals surface area contributed by atoms with Crippen molar-refractivity contribution in [3.63, 3.8) is 0 Å². The number of carbonyl (C=O) groups is 1. The highest BCUT2D eigenvalue weighted by Gasteiger charge is 2.47. The molecule has 0 amide bonds. The van der Waals surface area contributed by atoms with E-state index >= 15 is 0 Å². The Labute approximate surface area is 209 Å². The first-order valence-corrected chi connectivity index (χ1v) is 13.1. The number of allylic oxidation sites excluding steroid dienone is 1. The van der Waals surface area contributed by atoms with Gasteiger partial charge in [-0.1, -0.05) is 62.2 Å². The second-order valence-electron chi connectivity index (χ2n) is 10.8. The molecule has 0 spiro atoms. The van der Waals surface area contributed by atoms with E-state index in [1.54, 1.807) is 0 Å². The lowest BCUT2D eigenvalue weighted by molar-refractivity contribution is -0.000935. The molecule has 0 saturated heterocycles. The van der Waals surface area contributed by atoms with Crippen molar-refractivity contribution < 1.29 is 14.3 Å². The maximum absolute atomic E-state index is 13.4. The smallest absolute Gasteiger partial charge is 0.343 e. The number of unbranched alkanes of at least 4 members (excludes halogenated alkanes) is 2. The number of rotatable bonds is 6. The van der Waals surface area contributed by atoms with Gasteiger partial charge in [0.05, 0.1) is 5.56 Å². The standard InChI is InChI=1S/C32H36O3/c1-5-6-7-10-22-18-28(34-31(33)25-15-14-23-11-8-9-12-24(23)20-25)30-26-17-21(2)13-16-27(26)32(3,4)35-29(30)19-22/h8-9,11-12,14-15,18-20,26-27H,2,5-7,10,13,16-17H2,1,3-4H3/t26-,27-/m1/s1. The van der Waals surface area contributed by atoms with Gasteiger partial charge >= 0.3 is 5.97 Å². The van der Waals surface area contributed by atoms with Crippen LogP contribution in [-0.2, 0) is 6.42 Å². The third kappa shape index (κ3) is 4.74. The zero-order valence-electron chi connectivity index (χ0n) is 21.2. The molecular weight excluding hydrogens is 432 g/mol. The quantitative estimate of drug-likeness (QED) is 0.158. The van der Waals surface area contributed by atoms with Crippen LogP contribution in [0.25, 0.3) is 10.8 Å². The highest BCUT2D eigenvalue weighted by Crippen LogP contribution is 2.55. The normalized spacial score (nSPS) is 20.6. The molecule has 0 aromatic heterocycles. The number of fused-ring (bicyclic) bond motifs is 4. The van der Waals surface area contributed by atoms with Crippen molar-refractivity contribution in [1.82, 2.24) is 0 Å². The molecule has 182 valence electrons. The molecule has 0 radical (unpaired) electrons. The monoisotopic (exact) mass is 468 g/mol. The van der Waals surface area contributed by atoms with E-state index in [1.165, 1.54) is 24.0 Å². The number of hydrogen-bond acceptors (Lipinski definition) is 3. The Kier molecular flexibility index (Phi) is 6.44. The number of aryl methyl sites for hydroxylation is 1. The predicted molar refractivity (Wildman–Crippen MR) is 143 cm³/mol. The third-order valence-electron chi connectivity index (χ3n) is 7.86. The second-order valence-corrected chi connectivity index (χ2v) is 10.8. The van der Waals surface area contributed by atoms with E-state index in [9.17, 15) is 4.79 Å². The van der Waals surface area contributed by atoms with Gasteiger partial charge in [0.1, 0.15) is 17.1 Å². The molecule has 1 aliphatic heterocycles. The van der Waals surface area contributed by atoms with Crippen LogP contribution in [0.3, 0.4) is 0 Å². The summed E-state index contributed by atoms with van der Waals surface area (Å²) in [5, 5.41) is 2.14. The third-order valence-corrected chi connectivity index (χ3v) is 7.86. The molecule has 5 rings (SSSR count). The van der Waals surface area contributed by atoms with Crippen molar-refractivity contribution in [3.8, 4) is 11.5 Å². The van der Waals surface area contributed by atoms with Crippen molar-refractivity contribution >= 4 is 16.7 Å². The summed E-state index contributed by atoms with van der Waals surface area (Å²) in [6.07, 6.45) is 7.41. The van der Waals surface area contributed by atoms with Crippen LogP contribution in [0, 0.1) is 5.92 Å². The minimum atomic E-state index is -0.320. The van der Waals surface area contributed by atoms with E-state index in [0.717, 1.165) is 54.2 Å². The van der Waals surface area contributed by atoms with Gasteiger partial charge in [0.25, 0.3) is 0 Å². The molecule has 1 fully saturated rings. The summed E-state index contributed by atoms with van der Waals surface area (Å²) < 4.78 is 12.8. The number of hydrogen-bond donors (Lipinski definition) is 0. The van der Waals surface area contributed by atoms with Gasteiger partial charge in [-0.15, -0.1) is 0 Å². The second kappa shape index (κ2) is 9.53. The molecule has 0 bridgehead atoms. The average molecular weight is 469 g/mol. The Morgan fingerprint density at radius 3 is 2.69 bits per heavy atom. The molecule has 3 aromatic carbocycles. The van der Waals surface area contributed by atoms with E-state index < -0.39 is 0 Å². The molecule has 2 aliphatic rings. The number of ether oxygens (including phenoxy) is 2. The fraction of sp³-hybridized carbons (Fsp3) is 0.406. The fourth-order valence-corrected chi connectivity index (χ4v) is 6.00. The average Bonchev–Trinajstić information content (AvgIpc) is 2.83. The summed E-state index contributed by atoms with van der Waals surface area (Å²) in [5.41, 5.74) is 3.79. The van der Waals surface area contributed by atoms with Crippen LogP contribution in [0.5, 0.6) is 11.5 Å². The van der Waals surface area contributed by atoms with Crippen LogP contribution in [0.15, 0.2) is 66.7 Å². The maximum Gasteiger partial charge on any atom is 0.343 e. The van der Waals surface area contributed by atoms with Crippen molar-refractivity contribution in [2.75, 3.05) is 0 Å². The van der Waals surface area contributed by atoms with Crippen LogP contribution in [0.2, 0.25) is 0 Å². The zero-order valence-corrected chi connectivity index (χ0v) is 21.2. The molecule has 0 N–H and O–H groups in total. The highest BCUT2D eigenvalue weighted by atomic mass is 16.5. The SMILES string of the molecule is C=C1CC[C@@H]2[C@@H](C1)c1c(OC(=O)c3ccc4ccccc4c3)cc(CCCCC)cc1OC2(C)C. The molecule has 1 heterocycles. The van der Waals surface area contributed by atoms with Gasteiger partial charge in [0.2, 0.25) is 0 Å². The fourth-order valence-electron chi connectivity index (χ4n) is 6.00. The van der Waals surface area contributed by atoms with Gasteiger partial charge in [-0.2, -0.15) is 0 Å². The Morgan fingerprint density at radius 1 is 1.09 bits per heavy atom. The lowest BCUT2D eigenvalue weighted by Gasteiger charge is -2.48. The minimum Gasteiger partial charge on any atom is -0.487 e. The van der Waals surface area contributed by atoms with Gasteiger partial charge in [-0.3, -0.25) is 0 Å². The lowest BCUT2D eigenvalue weighted by atomic mass is 9.65. The molecule has 1 aliphatic carbocycles. The predicted octanol–water partition coefficient (Wildman–Crippen LogP) is 8.40. The highest BCUT2D eigenvalue weighted by molar-refractivity contribution is 5.96. The molecule has 3 heteroatoms. The minimum absolute atomic E-state index is 0.249. The number of benzene rings is 3. The Hall–Kier alpha value is -3.07. The van der Waals surface area contributed by atoms with Gasteiger partial charge in [0.15, 0.2) is 0 Å². The Morgan fingerprint density at radius 2 is 1.89 bits per heavy atom. The van der Waals surface area contributed by atoms with E-state index in [1.807, 2.05) is 36.4 Å². The van der Waals surface area contributed by atoms with Gasteiger partial charge in [-0.25, -0.2) is 4.79 Å². The van der Waals surface area contributed by atoms with Crippen molar-refractivity contribution in [1.29, 1.82) is 0 Å². The van der Waals surface area contributed by atoms with Crippen LogP contribution < -0.4 is 9.47 Å². The number of carbonyl (C=O) groups excluding carboxylic acids is 1. The van der Waals surface area contributed by atoms with E-state index in [2.05, 4.69) is 45.5 Å². The Balaban J connectivity index is 1.54. The largest absolute Gasteiger partial charge is 0.487 e. The summed E-state index contributed by atoms with van der Waals surface area (Å²) in [6.45, 7) is 10.9. The lowest BCUT2D eigenvalue weighted by Crippen LogP contribution is -2.46. The molecule has 3 aromatic rings. The number of esters is 1. The van der Waals surface area contributed by atoms with E-state index in [4.69, 9.17) is 9.47 Å². The molecule has 2 atom stereocenters. The summed E-state index contributed by atoms with van der Waals surface area (Å²) >= 11 is 0. The van der Waals surface area contributed by atoms with Crippen molar-refractivity contribution in [3.05, 3.63) is 83.4 Å². The Bertz CT molecular complexity index is 1270. The molecule has 35 heavy (non-hydrogen) atoms. The van der Waals surface area contributed by atoms with Gasteiger partial charge < -0.3 is 9.47 Å². The first-order valence-electron chi connectivity index (χ1n) is 13.1. The van der Waals surface area contributed by atoms with Crippen molar-refractivity contribution in [2.24, 2.45) is 5.92 Å². The van der Waals surface area contributed by atoms with Crippen LogP contribution in [0.4, 0.5) is 0 Å². The first-order chi connectivity index (χ1) is 16.9. The summed E-state index contributed by atoms with van der Waals surface area (Å²) in [5.74, 6) is 1.83. The topological polar surface area (TPSA) is 35.5 Å².